The van der Waals surface area contributed by atoms with Gasteiger partial charge >= 0.3 is 6.03 Å². The van der Waals surface area contributed by atoms with Crippen LogP contribution in [0.3, 0.4) is 0 Å². The third kappa shape index (κ3) is 5.53. The van der Waals surface area contributed by atoms with Crippen molar-refractivity contribution in [1.29, 1.82) is 0 Å². The van der Waals surface area contributed by atoms with Crippen molar-refractivity contribution in [1.82, 2.24) is 20.3 Å². The number of aromatic nitrogens is 3. The minimum atomic E-state index is -2.26. The molecule has 2 atom stereocenters. The van der Waals surface area contributed by atoms with Crippen LogP contribution >= 0.6 is 11.3 Å². The number of carbonyl (C=O) groups is 1. The Balaban J connectivity index is 1.66. The summed E-state index contributed by atoms with van der Waals surface area (Å²) in [6, 6.07) is 5.36. The van der Waals surface area contributed by atoms with Gasteiger partial charge in [-0.15, -0.1) is 11.3 Å². The molecular weight excluding hydrogens is 419 g/mol. The number of anilines is 2. The predicted octanol–water partition coefficient (Wildman–Crippen LogP) is 2.75. The lowest BCUT2D eigenvalue weighted by Crippen LogP contribution is -2.28. The molecule has 0 radical (unpaired) electrons. The number of hydrogen-bond acceptors (Lipinski definition) is 7. The van der Waals surface area contributed by atoms with Crippen LogP contribution in [0.2, 0.25) is 0 Å². The summed E-state index contributed by atoms with van der Waals surface area (Å²) in [5.41, 5.74) is 1.33. The number of thiazole rings is 1. The fourth-order valence-corrected chi connectivity index (χ4v) is 3.93. The van der Waals surface area contributed by atoms with E-state index in [0.29, 0.717) is 22.8 Å². The lowest BCUT2D eigenvalue weighted by molar-refractivity contribution is 0.251. The van der Waals surface area contributed by atoms with Crippen molar-refractivity contribution in [3.05, 3.63) is 64.7 Å². The van der Waals surface area contributed by atoms with E-state index in [9.17, 15) is 17.9 Å². The Hall–Kier alpha value is -2.96. The Bertz CT molecular complexity index is 1010. The van der Waals surface area contributed by atoms with E-state index in [4.69, 9.17) is 0 Å². The summed E-state index contributed by atoms with van der Waals surface area (Å²) >= 11 is -1.16. The third-order valence-corrected chi connectivity index (χ3v) is 5.45. The van der Waals surface area contributed by atoms with Crippen LogP contribution in [0, 0.1) is 5.82 Å². The second kappa shape index (κ2) is 9.49. The van der Waals surface area contributed by atoms with Crippen LogP contribution in [0.25, 0.3) is 0 Å². The number of rotatable bonds is 7. The lowest BCUT2D eigenvalue weighted by atomic mass is 10.2. The zero-order chi connectivity index (χ0) is 20.8. The molecule has 4 N–H and O–H groups in total. The summed E-state index contributed by atoms with van der Waals surface area (Å²) in [4.78, 5) is 24.3. The number of amides is 2. The molecule has 2 aromatic heterocycles. The van der Waals surface area contributed by atoms with Gasteiger partial charge in [0.25, 0.3) is 0 Å². The van der Waals surface area contributed by atoms with Crippen LogP contribution in [0.4, 0.5) is 20.3 Å². The zero-order valence-electron chi connectivity index (χ0n) is 15.1. The van der Waals surface area contributed by atoms with Crippen LogP contribution in [0.15, 0.2) is 42.0 Å². The number of carbonyl (C=O) groups excluding carboxylic acids is 1. The molecule has 0 saturated heterocycles. The molecule has 2 unspecified atom stereocenters. The highest BCUT2D eigenvalue weighted by Gasteiger charge is 2.24. The van der Waals surface area contributed by atoms with Crippen molar-refractivity contribution < 1.29 is 17.9 Å². The molecule has 0 bridgehead atoms. The molecule has 0 aliphatic carbocycles. The third-order valence-electron chi connectivity index (χ3n) is 3.75. The molecule has 29 heavy (non-hydrogen) atoms. The minimum absolute atomic E-state index is 0.139. The van der Waals surface area contributed by atoms with E-state index in [1.54, 1.807) is 24.6 Å². The Morgan fingerprint density at radius 1 is 1.34 bits per heavy atom. The van der Waals surface area contributed by atoms with Gasteiger partial charge in [0.15, 0.2) is 16.2 Å². The number of hydrogen-bond donors (Lipinski definition) is 4. The van der Waals surface area contributed by atoms with Crippen molar-refractivity contribution in [3.8, 4) is 0 Å². The van der Waals surface area contributed by atoms with Gasteiger partial charge in [0.1, 0.15) is 11.1 Å². The fraction of sp³-hybridized carbons (Fsp3) is 0.176. The van der Waals surface area contributed by atoms with Crippen LogP contribution in [-0.2, 0) is 17.6 Å². The highest BCUT2D eigenvalue weighted by molar-refractivity contribution is 7.79. The predicted molar refractivity (Wildman–Crippen MR) is 109 cm³/mol. The van der Waals surface area contributed by atoms with E-state index in [1.165, 1.54) is 24.5 Å². The highest BCUT2D eigenvalue weighted by atomic mass is 32.2. The molecule has 0 saturated carbocycles. The van der Waals surface area contributed by atoms with Gasteiger partial charge < -0.3 is 15.2 Å². The molecule has 9 nitrogen and oxygen atoms in total. The largest absolute Gasteiger partial charge is 0.357 e. The Morgan fingerprint density at radius 3 is 2.76 bits per heavy atom. The lowest BCUT2D eigenvalue weighted by Gasteiger charge is -2.10. The molecule has 152 valence electrons. The summed E-state index contributed by atoms with van der Waals surface area (Å²) in [7, 11) is 1.66. The first-order valence-corrected chi connectivity index (χ1v) is 10.4. The average Bonchev–Trinajstić information content (AvgIpc) is 3.14. The van der Waals surface area contributed by atoms with Crippen molar-refractivity contribution >= 4 is 39.5 Å². The molecule has 3 aromatic rings. The van der Waals surface area contributed by atoms with Crippen molar-refractivity contribution in [2.75, 3.05) is 17.7 Å². The smallest absolute Gasteiger partial charge is 0.321 e. The van der Waals surface area contributed by atoms with Crippen molar-refractivity contribution in [2.45, 2.75) is 11.8 Å². The molecule has 12 heteroatoms. The second-order valence-electron chi connectivity index (χ2n) is 5.76. The minimum Gasteiger partial charge on any atom is -0.357 e. The standard InChI is InChI=1S/C17H17FN6O3S2/c1-19-15-20-7-11(8-21-15)14(29(26)27)13-9-28-17(23-13)24-16(25)22-6-10-3-2-4-12(18)5-10/h2-5,7-9,14H,6H2,1H3,(H,26,27)(H,19,20,21)(H2,22,23,24,25). The van der Waals surface area contributed by atoms with Gasteiger partial charge in [-0.2, -0.15) is 0 Å². The first-order valence-electron chi connectivity index (χ1n) is 8.30. The van der Waals surface area contributed by atoms with Crippen LogP contribution in [-0.4, -0.2) is 36.8 Å². The number of benzene rings is 1. The van der Waals surface area contributed by atoms with Gasteiger partial charge in [0, 0.05) is 36.9 Å². The number of nitrogens with zero attached hydrogens (tertiary/aromatic N) is 3. The van der Waals surface area contributed by atoms with E-state index in [0.717, 1.165) is 11.3 Å². The summed E-state index contributed by atoms with van der Waals surface area (Å²) in [6.07, 6.45) is 2.88. The molecule has 1 aromatic carbocycles. The first-order chi connectivity index (χ1) is 14.0. The summed E-state index contributed by atoms with van der Waals surface area (Å²) in [5, 5.41) is 8.78. The van der Waals surface area contributed by atoms with Gasteiger partial charge in [0.05, 0.1) is 5.69 Å². The van der Waals surface area contributed by atoms with Crippen LogP contribution in [0.5, 0.6) is 0 Å². The van der Waals surface area contributed by atoms with Gasteiger partial charge in [0.2, 0.25) is 5.95 Å². The Morgan fingerprint density at radius 2 is 2.10 bits per heavy atom. The molecule has 0 fully saturated rings. The van der Waals surface area contributed by atoms with Gasteiger partial charge in [-0.3, -0.25) is 5.32 Å². The van der Waals surface area contributed by atoms with Crippen molar-refractivity contribution in [2.24, 2.45) is 0 Å². The number of nitrogens with one attached hydrogen (secondary N) is 3. The topological polar surface area (TPSA) is 129 Å². The van der Waals surface area contributed by atoms with E-state index in [2.05, 4.69) is 30.9 Å². The zero-order valence-corrected chi connectivity index (χ0v) is 16.8. The highest BCUT2D eigenvalue weighted by Crippen LogP contribution is 2.29. The fourth-order valence-electron chi connectivity index (χ4n) is 2.43. The van der Waals surface area contributed by atoms with Crippen molar-refractivity contribution in [3.63, 3.8) is 0 Å². The van der Waals surface area contributed by atoms with Crippen LogP contribution in [0.1, 0.15) is 22.1 Å². The normalized spacial score (nSPS) is 12.8. The summed E-state index contributed by atoms with van der Waals surface area (Å²) in [6.45, 7) is 0.139. The maximum absolute atomic E-state index is 13.2. The van der Waals surface area contributed by atoms with Crippen LogP contribution < -0.4 is 16.0 Å². The molecule has 0 aliphatic rings. The van der Waals surface area contributed by atoms with Gasteiger partial charge in [-0.25, -0.2) is 28.3 Å². The molecule has 0 spiro atoms. The van der Waals surface area contributed by atoms with E-state index in [1.807, 2.05) is 0 Å². The monoisotopic (exact) mass is 436 g/mol. The number of halogens is 1. The van der Waals surface area contributed by atoms with Gasteiger partial charge in [-0.1, -0.05) is 12.1 Å². The number of urea groups is 1. The average molecular weight is 436 g/mol. The molecule has 2 heterocycles. The van der Waals surface area contributed by atoms with E-state index >= 15 is 0 Å². The molecule has 3 rings (SSSR count). The Kier molecular flexibility index (Phi) is 6.80. The molecule has 2 amide bonds. The Labute approximate surface area is 172 Å². The van der Waals surface area contributed by atoms with E-state index in [-0.39, 0.29) is 17.5 Å². The second-order valence-corrected chi connectivity index (χ2v) is 7.64. The van der Waals surface area contributed by atoms with E-state index < -0.39 is 22.4 Å². The molecular formula is C17H17FN6O3S2. The maximum atomic E-state index is 13.2. The van der Waals surface area contributed by atoms with Gasteiger partial charge in [-0.05, 0) is 17.7 Å². The summed E-state index contributed by atoms with van der Waals surface area (Å²) < 4.78 is 34.7. The first kappa shape index (κ1) is 20.8. The SMILES string of the molecule is CNc1ncc(C(c2csc(NC(=O)NCc3cccc(F)c3)n2)S(=O)O)cn1. The maximum Gasteiger partial charge on any atom is 0.321 e. The quantitative estimate of drug-likeness (QED) is 0.419. The summed E-state index contributed by atoms with van der Waals surface area (Å²) in [5.74, 6) is -0.00382. The molecule has 0 aliphatic heterocycles.